The van der Waals surface area contributed by atoms with Crippen LogP contribution in [-0.4, -0.2) is 54.9 Å². The molecule has 0 saturated heterocycles. The Morgan fingerprint density at radius 3 is 0.690 bits per heavy atom. The van der Waals surface area contributed by atoms with Crippen LogP contribution in [0.1, 0.15) is 60.8 Å². The topological polar surface area (TPSA) is 73.8 Å². The fourth-order valence-electron chi connectivity index (χ4n) is 8.22. The summed E-state index contributed by atoms with van der Waals surface area (Å²) in [6.45, 7) is 3.97. The highest BCUT2D eigenvalue weighted by Gasteiger charge is 2.33. The maximum Gasteiger partial charge on any atom is 0.118 e. The van der Waals surface area contributed by atoms with Gasteiger partial charge in [-0.2, -0.15) is 0 Å². The Bertz CT molecular complexity index is 1790. The molecule has 304 valence electrons. The van der Waals surface area contributed by atoms with Crippen molar-refractivity contribution in [2.75, 3.05) is 54.9 Å². The number of benzene rings is 4. The lowest BCUT2D eigenvalue weighted by molar-refractivity contribution is 0.130. The summed E-state index contributed by atoms with van der Waals surface area (Å²) in [5.41, 5.74) is 14.9. The first-order chi connectivity index (χ1) is 28.6. The van der Waals surface area contributed by atoms with Gasteiger partial charge in [0.15, 0.2) is 0 Å². The molecule has 8 heteroatoms. The van der Waals surface area contributed by atoms with E-state index in [1.165, 1.54) is 44.6 Å². The zero-order valence-corrected chi connectivity index (χ0v) is 34.4. The van der Waals surface area contributed by atoms with Crippen molar-refractivity contribution in [3.8, 4) is 23.0 Å². The molecule has 3 aliphatic rings. The van der Waals surface area contributed by atoms with Gasteiger partial charge in [0.25, 0.3) is 0 Å². The van der Waals surface area contributed by atoms with Crippen molar-refractivity contribution in [2.24, 2.45) is 0 Å². The molecule has 0 unspecified atom stereocenters. The maximum absolute atomic E-state index is 6.64. The van der Waals surface area contributed by atoms with Gasteiger partial charge >= 0.3 is 0 Å². The fourth-order valence-corrected chi connectivity index (χ4v) is 8.22. The molecule has 7 rings (SSSR count). The molecule has 0 aliphatic heterocycles. The predicted molar refractivity (Wildman–Crippen MR) is 226 cm³/mol. The second kappa shape index (κ2) is 20.5. The monoisotopic (exact) mass is 784 g/mol. The normalized spacial score (nSPS) is 17.9. The minimum Gasteiger partial charge on any atom is -0.497 e. The number of rotatable bonds is 20. The van der Waals surface area contributed by atoms with Crippen LogP contribution in [0.25, 0.3) is 0 Å². The molecular formula is C50H56O8. The lowest BCUT2D eigenvalue weighted by atomic mass is 9.83. The van der Waals surface area contributed by atoms with Gasteiger partial charge in [0, 0.05) is 0 Å². The number of ether oxygens (including phenoxy) is 8. The standard InChI is InChI=1S/C50H56O8/c1-51-39-19-11-35(12-20-39)27-55-31-47-43-7-5-8-44(43)49(33-57-29-37-15-23-41(53-3)24-16-37)50(34-58-30-38-17-25-42(54-4)26-18-38)46-10-6-9-45(46)48(47)32-56-28-36-13-21-40(52-2)22-14-36/h11-26H,5-10,27-34H2,1-4H3/b47-43?,48-45?,48-47-,49-44?,50-46?,50-49-. The summed E-state index contributed by atoms with van der Waals surface area (Å²) in [5, 5.41) is 0. The summed E-state index contributed by atoms with van der Waals surface area (Å²) in [6, 6.07) is 32.5. The van der Waals surface area contributed by atoms with Gasteiger partial charge in [-0.05, 0) is 154 Å². The van der Waals surface area contributed by atoms with Crippen LogP contribution >= 0.6 is 0 Å². The molecular weight excluding hydrogens is 729 g/mol. The lowest BCUT2D eigenvalue weighted by Gasteiger charge is -2.27. The van der Waals surface area contributed by atoms with E-state index in [-0.39, 0.29) is 0 Å². The molecule has 4 aromatic rings. The van der Waals surface area contributed by atoms with E-state index in [9.17, 15) is 0 Å². The molecule has 0 heterocycles. The smallest absolute Gasteiger partial charge is 0.118 e. The molecule has 0 saturated carbocycles. The van der Waals surface area contributed by atoms with E-state index < -0.39 is 0 Å². The Morgan fingerprint density at radius 1 is 0.293 bits per heavy atom. The largest absolute Gasteiger partial charge is 0.497 e. The van der Waals surface area contributed by atoms with Crippen LogP contribution in [0.5, 0.6) is 23.0 Å². The molecule has 8 nitrogen and oxygen atoms in total. The Hall–Kier alpha value is -5.12. The van der Waals surface area contributed by atoms with Gasteiger partial charge in [0.05, 0.1) is 81.3 Å². The first-order valence-corrected chi connectivity index (χ1v) is 20.3. The summed E-state index contributed by atoms with van der Waals surface area (Å²) in [6.07, 6.45) is 6.04. The van der Waals surface area contributed by atoms with Gasteiger partial charge in [-0.15, -0.1) is 0 Å². The first-order valence-electron chi connectivity index (χ1n) is 20.3. The van der Waals surface area contributed by atoms with E-state index in [4.69, 9.17) is 37.9 Å². The third kappa shape index (κ3) is 10.3. The van der Waals surface area contributed by atoms with E-state index in [2.05, 4.69) is 48.5 Å². The minimum absolute atomic E-state index is 0.492. The number of hydrogen-bond acceptors (Lipinski definition) is 8. The molecule has 3 aliphatic carbocycles. The van der Waals surface area contributed by atoms with E-state index in [1.807, 2.05) is 48.5 Å². The minimum atomic E-state index is 0.492. The number of hydrogen-bond donors (Lipinski definition) is 0. The quantitative estimate of drug-likeness (QED) is 0.0877. The third-order valence-corrected chi connectivity index (χ3v) is 11.3. The summed E-state index contributed by atoms with van der Waals surface area (Å²) in [5.74, 6) is 3.34. The third-order valence-electron chi connectivity index (χ3n) is 11.3. The highest BCUT2D eigenvalue weighted by molar-refractivity contribution is 5.63. The Kier molecular flexibility index (Phi) is 14.5. The van der Waals surface area contributed by atoms with Crippen LogP contribution in [0, 0.1) is 0 Å². The SMILES string of the molecule is COc1ccc(COC/C2=C(\COCc3ccc(OC)cc3)C3=C(CCC3)/C(COCc3ccc(OC)cc3)=C(/COCc3ccc(OC)cc3)C3=C2CCC3)cc1. The van der Waals surface area contributed by atoms with Gasteiger partial charge < -0.3 is 37.9 Å². The average Bonchev–Trinajstić information content (AvgIpc) is 3.96. The van der Waals surface area contributed by atoms with Gasteiger partial charge in [-0.25, -0.2) is 0 Å². The van der Waals surface area contributed by atoms with E-state index in [0.29, 0.717) is 52.9 Å². The fraction of sp³-hybridized carbons (Fsp3) is 0.360. The molecule has 0 atom stereocenters. The first kappa shape index (κ1) is 41.1. The Balaban J connectivity index is 1.24. The van der Waals surface area contributed by atoms with Crippen LogP contribution < -0.4 is 18.9 Å². The second-order valence-corrected chi connectivity index (χ2v) is 14.9. The summed E-state index contributed by atoms with van der Waals surface area (Å²) < 4.78 is 48.2. The van der Waals surface area contributed by atoms with Crippen molar-refractivity contribution in [1.29, 1.82) is 0 Å². The van der Waals surface area contributed by atoms with Crippen molar-refractivity contribution in [1.82, 2.24) is 0 Å². The van der Waals surface area contributed by atoms with Crippen LogP contribution in [0.2, 0.25) is 0 Å². The summed E-state index contributed by atoms with van der Waals surface area (Å²) in [7, 11) is 6.76. The Morgan fingerprint density at radius 2 is 0.500 bits per heavy atom. The van der Waals surface area contributed by atoms with Crippen LogP contribution in [0.3, 0.4) is 0 Å². The van der Waals surface area contributed by atoms with Crippen LogP contribution in [0.15, 0.2) is 142 Å². The molecule has 0 aromatic heterocycles. The van der Waals surface area contributed by atoms with Crippen LogP contribution in [0.4, 0.5) is 0 Å². The lowest BCUT2D eigenvalue weighted by Crippen LogP contribution is -2.17. The zero-order chi connectivity index (χ0) is 40.1. The average molecular weight is 785 g/mol. The highest BCUT2D eigenvalue weighted by Crippen LogP contribution is 2.47. The van der Waals surface area contributed by atoms with Crippen molar-refractivity contribution in [2.45, 2.75) is 65.0 Å². The van der Waals surface area contributed by atoms with E-state index in [0.717, 1.165) is 83.8 Å². The summed E-state index contributed by atoms with van der Waals surface area (Å²) >= 11 is 0. The van der Waals surface area contributed by atoms with Crippen molar-refractivity contribution in [3.05, 3.63) is 164 Å². The highest BCUT2D eigenvalue weighted by atomic mass is 16.5. The molecule has 4 aromatic carbocycles. The zero-order valence-electron chi connectivity index (χ0n) is 34.4. The maximum atomic E-state index is 6.64. The van der Waals surface area contributed by atoms with E-state index >= 15 is 0 Å². The van der Waals surface area contributed by atoms with Gasteiger partial charge in [-0.1, -0.05) is 48.5 Å². The van der Waals surface area contributed by atoms with Gasteiger partial charge in [0.1, 0.15) is 23.0 Å². The van der Waals surface area contributed by atoms with Gasteiger partial charge in [0.2, 0.25) is 0 Å². The predicted octanol–water partition coefficient (Wildman–Crippen LogP) is 10.5. The Labute approximate surface area is 343 Å². The van der Waals surface area contributed by atoms with Crippen molar-refractivity contribution >= 4 is 0 Å². The summed E-state index contributed by atoms with van der Waals surface area (Å²) in [4.78, 5) is 0. The second-order valence-electron chi connectivity index (χ2n) is 14.9. The van der Waals surface area contributed by atoms with Crippen LogP contribution in [-0.2, 0) is 45.4 Å². The molecule has 0 radical (unpaired) electrons. The molecule has 0 N–H and O–H groups in total. The molecule has 0 bridgehead atoms. The van der Waals surface area contributed by atoms with Crippen molar-refractivity contribution in [3.63, 3.8) is 0 Å². The molecule has 58 heavy (non-hydrogen) atoms. The van der Waals surface area contributed by atoms with Crippen molar-refractivity contribution < 1.29 is 37.9 Å². The van der Waals surface area contributed by atoms with Gasteiger partial charge in [-0.3, -0.25) is 0 Å². The molecule has 0 amide bonds. The number of methoxy groups -OCH3 is 4. The molecule has 0 fully saturated rings. The molecule has 0 spiro atoms. The van der Waals surface area contributed by atoms with E-state index in [1.54, 1.807) is 28.4 Å².